The molecule has 0 radical (unpaired) electrons. The standard InChI is InChI=1S/C8H5F6NO4S2/c9-7(10,11)15(21(18,19)8(12,13)14)20(17)6-3-1-5(16)2-4-6/h1-4,16H. The van der Waals surface area contributed by atoms with Crippen LogP contribution in [0.15, 0.2) is 29.2 Å². The van der Waals surface area contributed by atoms with Crippen molar-refractivity contribution in [2.24, 2.45) is 0 Å². The van der Waals surface area contributed by atoms with Crippen LogP contribution in [0, 0.1) is 0 Å². The van der Waals surface area contributed by atoms with Crippen molar-refractivity contribution >= 4 is 21.0 Å². The number of phenolic OH excluding ortho intramolecular Hbond substituents is 1. The minimum absolute atomic E-state index is 0.465. The van der Waals surface area contributed by atoms with Gasteiger partial charge in [0.1, 0.15) is 16.7 Å². The molecule has 21 heavy (non-hydrogen) atoms. The molecule has 120 valence electrons. The maximum Gasteiger partial charge on any atom is 0.512 e. The van der Waals surface area contributed by atoms with E-state index in [1.165, 1.54) is 0 Å². The summed E-state index contributed by atoms with van der Waals surface area (Å²) in [5.41, 5.74) is -6.28. The van der Waals surface area contributed by atoms with Gasteiger partial charge in [0.2, 0.25) is 0 Å². The van der Waals surface area contributed by atoms with Crippen LogP contribution in [0.5, 0.6) is 5.75 Å². The summed E-state index contributed by atoms with van der Waals surface area (Å²) in [6.07, 6.45) is -6.06. The predicted octanol–water partition coefficient (Wildman–Crippen LogP) is 2.09. The maximum atomic E-state index is 12.6. The van der Waals surface area contributed by atoms with E-state index >= 15 is 0 Å². The summed E-state index contributed by atoms with van der Waals surface area (Å²) in [6, 6.07) is 2.66. The molecule has 1 aromatic carbocycles. The normalized spacial score (nSPS) is 15.2. The lowest BCUT2D eigenvalue weighted by Crippen LogP contribution is -2.49. The van der Waals surface area contributed by atoms with Gasteiger partial charge in [-0.2, -0.15) is 26.3 Å². The highest BCUT2D eigenvalue weighted by Gasteiger charge is 2.61. The molecule has 1 unspecified atom stereocenters. The number of alkyl halides is 6. The largest absolute Gasteiger partial charge is 0.512 e. The molecule has 0 spiro atoms. The quantitative estimate of drug-likeness (QED) is 0.664. The van der Waals surface area contributed by atoms with Gasteiger partial charge in [0.15, 0.2) is 0 Å². The summed E-state index contributed by atoms with van der Waals surface area (Å²) >= 11 is 0. The molecule has 0 aliphatic rings. The van der Waals surface area contributed by atoms with Crippen LogP contribution in [0.1, 0.15) is 0 Å². The van der Waals surface area contributed by atoms with Gasteiger partial charge in [-0.25, -0.2) is 12.6 Å². The van der Waals surface area contributed by atoms with Crippen molar-refractivity contribution in [1.82, 2.24) is 3.71 Å². The van der Waals surface area contributed by atoms with Gasteiger partial charge in [0.05, 0.1) is 4.90 Å². The Morgan fingerprint density at radius 1 is 1.00 bits per heavy atom. The first-order chi connectivity index (χ1) is 9.28. The second-order valence-corrected chi connectivity index (χ2v) is 6.73. The Kier molecular flexibility index (Phi) is 4.60. The third-order valence-corrected chi connectivity index (χ3v) is 5.31. The van der Waals surface area contributed by atoms with Gasteiger partial charge in [0, 0.05) is 0 Å². The fraction of sp³-hybridized carbons (Fsp3) is 0.250. The molecule has 1 aromatic rings. The van der Waals surface area contributed by atoms with Crippen LogP contribution in [0.3, 0.4) is 0 Å². The molecule has 0 bridgehead atoms. The molecule has 1 N–H and O–H groups in total. The van der Waals surface area contributed by atoms with Crippen molar-refractivity contribution in [3.63, 3.8) is 0 Å². The van der Waals surface area contributed by atoms with E-state index in [4.69, 9.17) is 5.11 Å². The van der Waals surface area contributed by atoms with E-state index in [0.717, 1.165) is 12.1 Å². The van der Waals surface area contributed by atoms with Crippen molar-refractivity contribution in [1.29, 1.82) is 0 Å². The average Bonchev–Trinajstić information content (AvgIpc) is 2.25. The molecule has 0 aliphatic carbocycles. The van der Waals surface area contributed by atoms with Gasteiger partial charge < -0.3 is 5.11 Å². The van der Waals surface area contributed by atoms with E-state index in [0.29, 0.717) is 12.1 Å². The van der Waals surface area contributed by atoms with E-state index < -0.39 is 47.2 Å². The van der Waals surface area contributed by atoms with Crippen molar-refractivity contribution < 1.29 is 44.1 Å². The minimum Gasteiger partial charge on any atom is -0.508 e. The van der Waals surface area contributed by atoms with Crippen molar-refractivity contribution in [3.05, 3.63) is 24.3 Å². The molecule has 0 fully saturated rings. The Hall–Kier alpha value is -1.34. The number of phenols is 1. The number of halogens is 6. The topological polar surface area (TPSA) is 74.7 Å². The molecule has 0 aliphatic heterocycles. The number of rotatable bonds is 3. The fourth-order valence-electron chi connectivity index (χ4n) is 1.07. The summed E-state index contributed by atoms with van der Waals surface area (Å²) in [7, 11) is -10.6. The smallest absolute Gasteiger partial charge is 0.508 e. The van der Waals surface area contributed by atoms with Crippen molar-refractivity contribution in [3.8, 4) is 5.75 Å². The summed E-state index contributed by atoms with van der Waals surface area (Å²) in [4.78, 5) is -0.891. The molecule has 0 saturated heterocycles. The predicted molar refractivity (Wildman–Crippen MR) is 57.4 cm³/mol. The number of aromatic hydroxyl groups is 1. The zero-order valence-electron chi connectivity index (χ0n) is 9.51. The van der Waals surface area contributed by atoms with E-state index in [1.54, 1.807) is 0 Å². The molecule has 0 saturated carbocycles. The van der Waals surface area contributed by atoms with Crippen LogP contribution >= 0.6 is 0 Å². The Bertz CT molecular complexity index is 636. The molecule has 0 heterocycles. The van der Waals surface area contributed by atoms with Crippen LogP contribution in [0.25, 0.3) is 0 Å². The van der Waals surface area contributed by atoms with Crippen LogP contribution < -0.4 is 0 Å². The van der Waals surface area contributed by atoms with Gasteiger partial charge in [0.25, 0.3) is 0 Å². The fourth-order valence-corrected chi connectivity index (χ4v) is 3.51. The number of hydrogen-bond acceptors (Lipinski definition) is 4. The SMILES string of the molecule is O=S(c1ccc(O)cc1)N(C(F)(F)F)S(=O)(=O)C(F)(F)F. The highest BCUT2D eigenvalue weighted by molar-refractivity contribution is 8.01. The minimum atomic E-state index is -6.91. The molecule has 1 atom stereocenters. The second-order valence-electron chi connectivity index (χ2n) is 3.39. The molecule has 0 amide bonds. The lowest BCUT2D eigenvalue weighted by atomic mass is 10.3. The van der Waals surface area contributed by atoms with Crippen LogP contribution in [-0.2, 0) is 21.0 Å². The Labute approximate surface area is 116 Å². The summed E-state index contributed by atoms with van der Waals surface area (Å²) in [5, 5.41) is 8.89. The van der Waals surface area contributed by atoms with E-state index in [2.05, 4.69) is 0 Å². The van der Waals surface area contributed by atoms with Crippen LogP contribution in [0.4, 0.5) is 26.3 Å². The van der Waals surface area contributed by atoms with Crippen molar-refractivity contribution in [2.75, 3.05) is 0 Å². The maximum absolute atomic E-state index is 12.6. The molecular formula is C8H5F6NO4S2. The Morgan fingerprint density at radius 3 is 1.76 bits per heavy atom. The monoisotopic (exact) mass is 357 g/mol. The average molecular weight is 357 g/mol. The number of benzene rings is 1. The zero-order valence-corrected chi connectivity index (χ0v) is 11.1. The van der Waals surface area contributed by atoms with Gasteiger partial charge in [-0.15, -0.1) is 0 Å². The van der Waals surface area contributed by atoms with Crippen LogP contribution in [0.2, 0.25) is 0 Å². The second kappa shape index (κ2) is 5.46. The van der Waals surface area contributed by atoms with E-state index in [1.807, 2.05) is 0 Å². The van der Waals surface area contributed by atoms with E-state index in [-0.39, 0.29) is 0 Å². The first-order valence-electron chi connectivity index (χ1n) is 4.68. The molecule has 13 heteroatoms. The summed E-state index contributed by atoms with van der Waals surface area (Å²) in [5.74, 6) is -0.465. The summed E-state index contributed by atoms with van der Waals surface area (Å²) < 4.78 is 106. The highest BCUT2D eigenvalue weighted by atomic mass is 32.3. The van der Waals surface area contributed by atoms with Gasteiger partial charge in [-0.1, -0.05) is 0 Å². The number of hydrogen-bond donors (Lipinski definition) is 1. The van der Waals surface area contributed by atoms with Crippen LogP contribution in [-0.4, -0.2) is 33.3 Å². The van der Waals surface area contributed by atoms with Gasteiger partial charge in [-0.3, -0.25) is 0 Å². The van der Waals surface area contributed by atoms with Gasteiger partial charge in [-0.05, 0) is 28.0 Å². The molecule has 0 aromatic heterocycles. The first kappa shape index (κ1) is 17.7. The zero-order chi connectivity index (χ0) is 16.6. The van der Waals surface area contributed by atoms with Crippen molar-refractivity contribution in [2.45, 2.75) is 16.7 Å². The number of nitrogens with zero attached hydrogens (tertiary/aromatic N) is 1. The molecular weight excluding hydrogens is 352 g/mol. The lowest BCUT2D eigenvalue weighted by Gasteiger charge is -2.23. The molecule has 1 rings (SSSR count). The first-order valence-corrected chi connectivity index (χ1v) is 7.22. The number of sulfonamides is 1. The lowest BCUT2D eigenvalue weighted by molar-refractivity contribution is -0.185. The third kappa shape index (κ3) is 3.65. The third-order valence-electron chi connectivity index (χ3n) is 1.91. The molecule has 5 nitrogen and oxygen atoms in total. The Balaban J connectivity index is 3.42. The van der Waals surface area contributed by atoms with E-state index in [9.17, 15) is 39.0 Å². The highest BCUT2D eigenvalue weighted by Crippen LogP contribution is 2.37. The summed E-state index contributed by atoms with van der Waals surface area (Å²) in [6.45, 7) is 0. The Morgan fingerprint density at radius 2 is 1.43 bits per heavy atom. The van der Waals surface area contributed by atoms with Gasteiger partial charge >= 0.3 is 21.8 Å².